The monoisotopic (exact) mass is 272 g/mol. The van der Waals surface area contributed by atoms with E-state index in [4.69, 9.17) is 0 Å². The summed E-state index contributed by atoms with van der Waals surface area (Å²) in [4.78, 5) is 14.8. The minimum Gasteiger partial charge on any atom is -0.288 e. The molecule has 0 saturated carbocycles. The van der Waals surface area contributed by atoms with E-state index in [1.165, 1.54) is 10.4 Å². The van der Waals surface area contributed by atoms with Gasteiger partial charge in [-0.25, -0.2) is 0 Å². The number of hydrogen-bond donors (Lipinski definition) is 0. The molecule has 0 bridgehead atoms. The average molecular weight is 272 g/mol. The largest absolute Gasteiger partial charge is 0.288 e. The van der Waals surface area contributed by atoms with Crippen LogP contribution in [0.4, 0.5) is 0 Å². The smallest absolute Gasteiger partial charge is 0.203 e. The number of carbonyl (C=O) groups is 1. The first kappa shape index (κ1) is 14.0. The van der Waals surface area contributed by atoms with Crippen LogP contribution in [-0.4, -0.2) is 5.78 Å². The number of thiophene rings is 1. The van der Waals surface area contributed by atoms with E-state index < -0.39 is 0 Å². The van der Waals surface area contributed by atoms with Gasteiger partial charge in [0.2, 0.25) is 5.78 Å². The first-order chi connectivity index (χ1) is 9.19. The molecule has 0 unspecified atom stereocenters. The Hall–Kier alpha value is -1.41. The second kappa shape index (κ2) is 6.16. The van der Waals surface area contributed by atoms with Gasteiger partial charge >= 0.3 is 0 Å². The van der Waals surface area contributed by atoms with Crippen molar-refractivity contribution in [2.45, 2.75) is 40.0 Å². The lowest BCUT2D eigenvalue weighted by molar-refractivity contribution is 0.104. The van der Waals surface area contributed by atoms with E-state index in [9.17, 15) is 4.79 Å². The Morgan fingerprint density at radius 3 is 2.37 bits per heavy atom. The summed E-state index contributed by atoms with van der Waals surface area (Å²) in [5, 5.41) is 0. The van der Waals surface area contributed by atoms with Crippen molar-refractivity contribution in [3.8, 4) is 0 Å². The van der Waals surface area contributed by atoms with Crippen molar-refractivity contribution in [3.05, 3.63) is 56.8 Å². The fourth-order valence-corrected chi connectivity index (χ4v) is 3.09. The highest BCUT2D eigenvalue weighted by molar-refractivity contribution is 7.14. The maximum atomic E-state index is 12.6. The normalized spacial score (nSPS) is 10.7. The number of aryl methyl sites for hydroxylation is 3. The highest BCUT2D eigenvalue weighted by Gasteiger charge is 2.15. The van der Waals surface area contributed by atoms with Gasteiger partial charge in [0.05, 0.1) is 4.88 Å². The zero-order chi connectivity index (χ0) is 13.8. The van der Waals surface area contributed by atoms with Crippen molar-refractivity contribution in [2.24, 2.45) is 0 Å². The van der Waals surface area contributed by atoms with E-state index >= 15 is 0 Å². The molecule has 1 nitrogen and oxygen atoms in total. The molecule has 0 aliphatic rings. The molecule has 0 N–H and O–H groups in total. The van der Waals surface area contributed by atoms with E-state index in [-0.39, 0.29) is 5.78 Å². The molecule has 1 aromatic heterocycles. The first-order valence-electron chi connectivity index (χ1n) is 6.94. The van der Waals surface area contributed by atoms with Gasteiger partial charge in [-0.05, 0) is 48.6 Å². The lowest BCUT2D eigenvalue weighted by Crippen LogP contribution is -2.04. The van der Waals surface area contributed by atoms with Crippen molar-refractivity contribution in [3.63, 3.8) is 0 Å². The quantitative estimate of drug-likeness (QED) is 0.723. The molecule has 1 aromatic carbocycles. The molecule has 0 radical (unpaired) electrons. The van der Waals surface area contributed by atoms with E-state index in [1.807, 2.05) is 6.07 Å². The summed E-state index contributed by atoms with van der Waals surface area (Å²) in [6, 6.07) is 10.3. The van der Waals surface area contributed by atoms with E-state index in [1.54, 1.807) is 11.3 Å². The van der Waals surface area contributed by atoms with Gasteiger partial charge in [0.15, 0.2) is 0 Å². The summed E-state index contributed by atoms with van der Waals surface area (Å²) >= 11 is 1.62. The molecule has 2 aromatic rings. The van der Waals surface area contributed by atoms with Crippen LogP contribution < -0.4 is 0 Å². The van der Waals surface area contributed by atoms with Gasteiger partial charge in [-0.2, -0.15) is 0 Å². The molecule has 0 fully saturated rings. The molecule has 100 valence electrons. The number of benzene rings is 1. The SMILES string of the molecule is CCc1ccc(CC)c(C(=O)c2ccc(CC)s2)c1. The number of ketones is 1. The second-order valence-corrected chi connectivity index (χ2v) is 5.82. The molecule has 0 aliphatic heterocycles. The minimum atomic E-state index is 0.178. The number of rotatable bonds is 5. The third kappa shape index (κ3) is 2.95. The molecule has 19 heavy (non-hydrogen) atoms. The average Bonchev–Trinajstić information content (AvgIpc) is 2.94. The van der Waals surface area contributed by atoms with E-state index in [0.29, 0.717) is 0 Å². The number of hydrogen-bond acceptors (Lipinski definition) is 2. The van der Waals surface area contributed by atoms with Crippen molar-refractivity contribution in [1.29, 1.82) is 0 Å². The van der Waals surface area contributed by atoms with Crippen LogP contribution in [0.15, 0.2) is 30.3 Å². The highest BCUT2D eigenvalue weighted by atomic mass is 32.1. The van der Waals surface area contributed by atoms with Crippen molar-refractivity contribution in [2.75, 3.05) is 0 Å². The Morgan fingerprint density at radius 2 is 1.79 bits per heavy atom. The Labute approximate surface area is 119 Å². The third-order valence-electron chi connectivity index (χ3n) is 3.44. The molecule has 2 heteroatoms. The van der Waals surface area contributed by atoms with Crippen LogP contribution in [0.2, 0.25) is 0 Å². The van der Waals surface area contributed by atoms with Gasteiger partial charge in [-0.1, -0.05) is 32.9 Å². The molecular weight excluding hydrogens is 252 g/mol. The highest BCUT2D eigenvalue weighted by Crippen LogP contribution is 2.23. The summed E-state index contributed by atoms with van der Waals surface area (Å²) in [6.45, 7) is 6.34. The Morgan fingerprint density at radius 1 is 1.00 bits per heavy atom. The lowest BCUT2D eigenvalue weighted by atomic mass is 9.97. The molecule has 1 heterocycles. The van der Waals surface area contributed by atoms with Crippen LogP contribution in [0.25, 0.3) is 0 Å². The van der Waals surface area contributed by atoms with Gasteiger partial charge in [-0.15, -0.1) is 11.3 Å². The lowest BCUT2D eigenvalue weighted by Gasteiger charge is -2.08. The summed E-state index contributed by atoms with van der Waals surface area (Å²) in [5.74, 6) is 0.178. The molecule has 0 spiro atoms. The fraction of sp³-hybridized carbons (Fsp3) is 0.353. The third-order valence-corrected chi connectivity index (χ3v) is 4.67. The van der Waals surface area contributed by atoms with Crippen molar-refractivity contribution >= 4 is 17.1 Å². The summed E-state index contributed by atoms with van der Waals surface area (Å²) < 4.78 is 0. The van der Waals surface area contributed by atoms with E-state index in [2.05, 4.69) is 45.0 Å². The van der Waals surface area contributed by atoms with Crippen LogP contribution in [-0.2, 0) is 19.3 Å². The van der Waals surface area contributed by atoms with Crippen LogP contribution in [0.1, 0.15) is 52.0 Å². The minimum absolute atomic E-state index is 0.178. The van der Waals surface area contributed by atoms with Crippen molar-refractivity contribution < 1.29 is 4.79 Å². The number of carbonyl (C=O) groups excluding carboxylic acids is 1. The molecule has 0 aliphatic carbocycles. The van der Waals surface area contributed by atoms with E-state index in [0.717, 1.165) is 35.3 Å². The van der Waals surface area contributed by atoms with Gasteiger partial charge in [0.25, 0.3) is 0 Å². The predicted molar refractivity (Wildman–Crippen MR) is 82.3 cm³/mol. The van der Waals surface area contributed by atoms with Gasteiger partial charge in [-0.3, -0.25) is 4.79 Å². The Balaban J connectivity index is 2.41. The standard InChI is InChI=1S/C17H20OS/c1-4-12-7-8-13(5-2)15(11-12)17(18)16-10-9-14(6-3)19-16/h7-11H,4-6H2,1-3H3. The van der Waals surface area contributed by atoms with Crippen LogP contribution in [0.3, 0.4) is 0 Å². The maximum absolute atomic E-state index is 12.6. The van der Waals surface area contributed by atoms with Crippen LogP contribution in [0, 0.1) is 0 Å². The Kier molecular flexibility index (Phi) is 4.54. The van der Waals surface area contributed by atoms with Gasteiger partial charge < -0.3 is 0 Å². The summed E-state index contributed by atoms with van der Waals surface area (Å²) in [5.41, 5.74) is 3.26. The summed E-state index contributed by atoms with van der Waals surface area (Å²) in [7, 11) is 0. The molecule has 0 atom stereocenters. The topological polar surface area (TPSA) is 17.1 Å². The fourth-order valence-electron chi connectivity index (χ4n) is 2.19. The molecular formula is C17H20OS. The molecule has 0 saturated heterocycles. The maximum Gasteiger partial charge on any atom is 0.203 e. The predicted octanol–water partition coefficient (Wildman–Crippen LogP) is 4.67. The Bertz CT molecular complexity index is 581. The van der Waals surface area contributed by atoms with Gasteiger partial charge in [0.1, 0.15) is 0 Å². The summed E-state index contributed by atoms with van der Waals surface area (Å²) in [6.07, 6.45) is 2.86. The van der Waals surface area contributed by atoms with Crippen LogP contribution in [0.5, 0.6) is 0 Å². The first-order valence-corrected chi connectivity index (χ1v) is 7.76. The second-order valence-electron chi connectivity index (χ2n) is 4.65. The molecule has 0 amide bonds. The zero-order valence-electron chi connectivity index (χ0n) is 11.8. The van der Waals surface area contributed by atoms with Gasteiger partial charge in [0, 0.05) is 10.4 Å². The van der Waals surface area contributed by atoms with Crippen molar-refractivity contribution in [1.82, 2.24) is 0 Å². The van der Waals surface area contributed by atoms with Crippen LogP contribution >= 0.6 is 11.3 Å². The zero-order valence-corrected chi connectivity index (χ0v) is 12.6. The molecule has 2 rings (SSSR count).